The number of nitrogens with one attached hydrogen (secondary N) is 1. The van der Waals surface area contributed by atoms with Gasteiger partial charge in [-0.15, -0.1) is 5.10 Å². The number of nitrogens with zero attached hydrogens (tertiary/aromatic N) is 3. The van der Waals surface area contributed by atoms with Gasteiger partial charge in [0.05, 0.1) is 24.4 Å². The molecule has 6 nitrogen and oxygen atoms in total. The zero-order valence-electron chi connectivity index (χ0n) is 12.3. The Labute approximate surface area is 120 Å². The Bertz CT molecular complexity index is 400. The number of rotatable bonds is 7. The fraction of sp³-hybridized carbons (Fsp3) is 0.857. The van der Waals surface area contributed by atoms with Gasteiger partial charge in [0.2, 0.25) is 0 Å². The van der Waals surface area contributed by atoms with Crippen LogP contribution in [0.5, 0.6) is 0 Å². The first-order chi connectivity index (χ1) is 9.65. The van der Waals surface area contributed by atoms with E-state index in [1.165, 1.54) is 6.42 Å². The number of aliphatic hydroxyl groups excluding tert-OH is 1. The third-order valence-corrected chi connectivity index (χ3v) is 4.29. The number of hydrogen-bond donors (Lipinski definition) is 3. The quantitative estimate of drug-likeness (QED) is 0.685. The number of hydrogen-bond acceptors (Lipinski definition) is 5. The van der Waals surface area contributed by atoms with Crippen LogP contribution in [0.4, 0.5) is 0 Å². The molecule has 1 aromatic heterocycles. The maximum Gasteiger partial charge on any atom is 0.0964 e. The lowest BCUT2D eigenvalue weighted by molar-refractivity contribution is -0.00886. The second-order valence-corrected chi connectivity index (χ2v) is 5.88. The smallest absolute Gasteiger partial charge is 0.0964 e. The molecule has 1 aliphatic rings. The topological polar surface area (TPSA) is 83.2 Å². The van der Waals surface area contributed by atoms with Crippen molar-refractivity contribution >= 4 is 0 Å². The first kappa shape index (κ1) is 15.4. The molecular weight excluding hydrogens is 256 g/mol. The standard InChI is InChI=1S/C14H26N4O2/c1-2-12-3-5-14(20,6-4-12)11-15-9-13-10-18(7-8-19)17-16-13/h10,12,15,19-20H,2-9,11H2,1H3. The van der Waals surface area contributed by atoms with Crippen molar-refractivity contribution in [3.63, 3.8) is 0 Å². The summed E-state index contributed by atoms with van der Waals surface area (Å²) in [4.78, 5) is 0. The highest BCUT2D eigenvalue weighted by atomic mass is 16.3. The highest BCUT2D eigenvalue weighted by Gasteiger charge is 2.32. The van der Waals surface area contributed by atoms with Crippen molar-refractivity contribution in [2.75, 3.05) is 13.2 Å². The maximum absolute atomic E-state index is 10.5. The second kappa shape index (κ2) is 7.15. The monoisotopic (exact) mass is 282 g/mol. The van der Waals surface area contributed by atoms with Crippen LogP contribution in [-0.2, 0) is 13.1 Å². The molecule has 0 aliphatic heterocycles. The van der Waals surface area contributed by atoms with Gasteiger partial charge >= 0.3 is 0 Å². The predicted molar refractivity (Wildman–Crippen MR) is 76.0 cm³/mol. The molecular formula is C14H26N4O2. The Balaban J connectivity index is 1.72. The lowest BCUT2D eigenvalue weighted by atomic mass is 9.78. The van der Waals surface area contributed by atoms with E-state index in [2.05, 4.69) is 22.6 Å². The van der Waals surface area contributed by atoms with Gasteiger partial charge in [0, 0.05) is 19.3 Å². The van der Waals surface area contributed by atoms with E-state index in [0.717, 1.165) is 37.3 Å². The summed E-state index contributed by atoms with van der Waals surface area (Å²) in [5.74, 6) is 0.786. The van der Waals surface area contributed by atoms with Crippen LogP contribution >= 0.6 is 0 Å². The molecule has 6 heteroatoms. The van der Waals surface area contributed by atoms with Crippen LogP contribution in [0.2, 0.25) is 0 Å². The average Bonchev–Trinajstić information content (AvgIpc) is 2.88. The van der Waals surface area contributed by atoms with Gasteiger partial charge in [0.25, 0.3) is 0 Å². The molecule has 0 unspecified atom stereocenters. The van der Waals surface area contributed by atoms with E-state index < -0.39 is 5.60 Å². The van der Waals surface area contributed by atoms with Gasteiger partial charge in [-0.3, -0.25) is 0 Å². The van der Waals surface area contributed by atoms with Gasteiger partial charge in [0.1, 0.15) is 0 Å². The SMILES string of the molecule is CCC1CCC(O)(CNCc2cn(CCO)nn2)CC1. The van der Waals surface area contributed by atoms with Gasteiger partial charge < -0.3 is 15.5 Å². The average molecular weight is 282 g/mol. The predicted octanol–water partition coefficient (Wildman–Crippen LogP) is 0.691. The van der Waals surface area contributed by atoms with Gasteiger partial charge in [-0.25, -0.2) is 4.68 Å². The minimum absolute atomic E-state index is 0.0641. The lowest BCUT2D eigenvalue weighted by Crippen LogP contribution is -2.43. The van der Waals surface area contributed by atoms with E-state index >= 15 is 0 Å². The van der Waals surface area contributed by atoms with Crippen molar-refractivity contribution < 1.29 is 10.2 Å². The molecule has 114 valence electrons. The molecule has 0 bridgehead atoms. The van der Waals surface area contributed by atoms with Crippen molar-refractivity contribution in [3.8, 4) is 0 Å². The molecule has 20 heavy (non-hydrogen) atoms. The van der Waals surface area contributed by atoms with Crippen molar-refractivity contribution in [1.82, 2.24) is 20.3 Å². The second-order valence-electron chi connectivity index (χ2n) is 5.88. The van der Waals surface area contributed by atoms with Crippen LogP contribution in [-0.4, -0.2) is 44.0 Å². The molecule has 0 radical (unpaired) electrons. The van der Waals surface area contributed by atoms with E-state index in [0.29, 0.717) is 19.6 Å². The normalized spacial score (nSPS) is 26.9. The van der Waals surface area contributed by atoms with E-state index in [4.69, 9.17) is 5.11 Å². The first-order valence-electron chi connectivity index (χ1n) is 7.58. The Morgan fingerprint density at radius 1 is 1.45 bits per heavy atom. The van der Waals surface area contributed by atoms with Crippen LogP contribution in [0.15, 0.2) is 6.20 Å². The van der Waals surface area contributed by atoms with Crippen molar-refractivity contribution in [1.29, 1.82) is 0 Å². The molecule has 2 rings (SSSR count). The molecule has 1 aromatic rings. The minimum Gasteiger partial charge on any atom is -0.394 e. The molecule has 0 amide bonds. The fourth-order valence-corrected chi connectivity index (χ4v) is 2.85. The van der Waals surface area contributed by atoms with Gasteiger partial charge in [0.15, 0.2) is 0 Å². The summed E-state index contributed by atoms with van der Waals surface area (Å²) in [5.41, 5.74) is 0.275. The molecule has 0 saturated heterocycles. The lowest BCUT2D eigenvalue weighted by Gasteiger charge is -2.35. The Kier molecular flexibility index (Phi) is 5.51. The molecule has 0 aromatic carbocycles. The fourth-order valence-electron chi connectivity index (χ4n) is 2.85. The van der Waals surface area contributed by atoms with Crippen LogP contribution < -0.4 is 5.32 Å². The van der Waals surface area contributed by atoms with Crippen molar-refractivity contribution in [3.05, 3.63) is 11.9 Å². The third kappa shape index (κ3) is 4.26. The van der Waals surface area contributed by atoms with Crippen molar-refractivity contribution in [2.45, 2.75) is 57.7 Å². The zero-order valence-corrected chi connectivity index (χ0v) is 12.3. The van der Waals surface area contributed by atoms with Crippen LogP contribution in [0.3, 0.4) is 0 Å². The maximum atomic E-state index is 10.5. The molecule has 0 spiro atoms. The van der Waals surface area contributed by atoms with Crippen LogP contribution in [0, 0.1) is 5.92 Å². The number of aromatic nitrogens is 3. The molecule has 1 fully saturated rings. The summed E-state index contributed by atoms with van der Waals surface area (Å²) in [6, 6.07) is 0. The molecule has 1 heterocycles. The summed E-state index contributed by atoms with van der Waals surface area (Å²) < 4.78 is 1.62. The van der Waals surface area contributed by atoms with Gasteiger partial charge in [-0.2, -0.15) is 0 Å². The Hall–Kier alpha value is -0.980. The molecule has 1 aliphatic carbocycles. The largest absolute Gasteiger partial charge is 0.394 e. The molecule has 0 atom stereocenters. The first-order valence-corrected chi connectivity index (χ1v) is 7.58. The summed E-state index contributed by atoms with van der Waals surface area (Å²) >= 11 is 0. The van der Waals surface area contributed by atoms with Crippen LogP contribution in [0.25, 0.3) is 0 Å². The number of aliphatic hydroxyl groups is 2. The third-order valence-electron chi connectivity index (χ3n) is 4.29. The Morgan fingerprint density at radius 3 is 2.85 bits per heavy atom. The summed E-state index contributed by atoms with van der Waals surface area (Å²) in [5, 5.41) is 30.5. The van der Waals surface area contributed by atoms with E-state index in [1.807, 2.05) is 6.20 Å². The van der Waals surface area contributed by atoms with E-state index in [-0.39, 0.29) is 6.61 Å². The minimum atomic E-state index is -0.563. The van der Waals surface area contributed by atoms with Crippen LogP contribution in [0.1, 0.15) is 44.7 Å². The zero-order chi connectivity index (χ0) is 14.4. The molecule has 1 saturated carbocycles. The van der Waals surface area contributed by atoms with Gasteiger partial charge in [-0.05, 0) is 31.6 Å². The molecule has 3 N–H and O–H groups in total. The summed E-state index contributed by atoms with van der Waals surface area (Å²) in [7, 11) is 0. The van der Waals surface area contributed by atoms with E-state index in [9.17, 15) is 5.11 Å². The van der Waals surface area contributed by atoms with Gasteiger partial charge in [-0.1, -0.05) is 18.6 Å². The summed E-state index contributed by atoms with van der Waals surface area (Å²) in [6.45, 7) is 3.97. The highest BCUT2D eigenvalue weighted by Crippen LogP contribution is 2.33. The van der Waals surface area contributed by atoms with Crippen molar-refractivity contribution in [2.24, 2.45) is 5.92 Å². The Morgan fingerprint density at radius 2 is 2.20 bits per heavy atom. The van der Waals surface area contributed by atoms with E-state index in [1.54, 1.807) is 4.68 Å². The highest BCUT2D eigenvalue weighted by molar-refractivity contribution is 4.93. The summed E-state index contributed by atoms with van der Waals surface area (Å²) in [6.07, 6.45) is 7.06.